The van der Waals surface area contributed by atoms with Gasteiger partial charge >= 0.3 is 6.18 Å². The van der Waals surface area contributed by atoms with Gasteiger partial charge in [0, 0.05) is 17.6 Å². The Balaban J connectivity index is 1.71. The number of carbonyl (C=O) groups excluding carboxylic acids is 1. The van der Waals surface area contributed by atoms with Gasteiger partial charge < -0.3 is 10.6 Å². The third kappa shape index (κ3) is 4.49. The molecule has 0 unspecified atom stereocenters. The number of hydrogen-bond acceptors (Lipinski definition) is 5. The van der Waals surface area contributed by atoms with E-state index in [1.807, 2.05) is 6.26 Å². The highest BCUT2D eigenvalue weighted by molar-refractivity contribution is 7.96. The molecule has 5 nitrogen and oxygen atoms in total. The molecule has 3 rings (SSSR count). The van der Waals surface area contributed by atoms with E-state index in [4.69, 9.17) is 5.41 Å². The lowest BCUT2D eigenvalue weighted by Gasteiger charge is -2.14. The largest absolute Gasteiger partial charge is 0.432 e. The quantitative estimate of drug-likeness (QED) is 0.338. The summed E-state index contributed by atoms with van der Waals surface area (Å²) in [5, 5.41) is 12.4. The summed E-state index contributed by atoms with van der Waals surface area (Å²) < 4.78 is 54.0. The lowest BCUT2D eigenvalue weighted by Crippen LogP contribution is -2.21. The van der Waals surface area contributed by atoms with Gasteiger partial charge in [0.05, 0.1) is 11.4 Å². The molecule has 1 saturated carbocycles. The molecule has 0 spiro atoms. The molecule has 1 fully saturated rings. The smallest absolute Gasteiger partial charge is 0.356 e. The minimum Gasteiger partial charge on any atom is -0.356 e. The van der Waals surface area contributed by atoms with Crippen molar-refractivity contribution >= 4 is 34.9 Å². The van der Waals surface area contributed by atoms with Gasteiger partial charge in [-0.3, -0.25) is 14.5 Å². The Hall–Kier alpha value is -2.49. The lowest BCUT2D eigenvalue weighted by atomic mass is 10.2. The van der Waals surface area contributed by atoms with Crippen molar-refractivity contribution in [2.75, 3.05) is 16.9 Å². The second-order valence-electron chi connectivity index (χ2n) is 6.47. The summed E-state index contributed by atoms with van der Waals surface area (Å²) in [7, 11) is 0. The van der Waals surface area contributed by atoms with E-state index in [9.17, 15) is 22.4 Å². The van der Waals surface area contributed by atoms with Gasteiger partial charge in [-0.15, -0.1) is 0 Å². The maximum atomic E-state index is 14.4. The predicted molar refractivity (Wildman–Crippen MR) is 101 cm³/mol. The van der Waals surface area contributed by atoms with Crippen molar-refractivity contribution in [2.24, 2.45) is 5.92 Å². The first kappa shape index (κ1) is 20.2. The van der Waals surface area contributed by atoms with E-state index in [1.165, 1.54) is 24.1 Å². The second kappa shape index (κ2) is 7.50. The molecular weight excluding hydrogens is 396 g/mol. The highest BCUT2D eigenvalue weighted by Gasteiger charge is 2.36. The molecule has 1 heterocycles. The van der Waals surface area contributed by atoms with Crippen LogP contribution in [0.5, 0.6) is 0 Å². The summed E-state index contributed by atoms with van der Waals surface area (Å²) in [4.78, 5) is 12.1. The maximum Gasteiger partial charge on any atom is 0.432 e. The number of hydrogen-bond donors (Lipinski definition) is 3. The van der Waals surface area contributed by atoms with Crippen LogP contribution >= 0.6 is 11.9 Å². The molecule has 1 aromatic carbocycles. The van der Waals surface area contributed by atoms with Crippen LogP contribution in [-0.2, 0) is 4.79 Å². The number of anilines is 2. The standard InChI is InChI=1S/C18H18F4N4OS/c1-9-16(26(9)28-2)17(27)24-11-5-6-13(12(19)7-11)25-14(10-3-4-10)8-15(23)18(20,21)22/h5-8,10,23,25H,3-4H2,1-2H3,(H,24,27)/b14-8-,23-15?. The van der Waals surface area contributed by atoms with Gasteiger partial charge in [0.2, 0.25) is 0 Å². The van der Waals surface area contributed by atoms with E-state index in [2.05, 4.69) is 10.6 Å². The van der Waals surface area contributed by atoms with E-state index in [1.54, 1.807) is 11.2 Å². The van der Waals surface area contributed by atoms with E-state index >= 15 is 0 Å². The fraction of sp³-hybridized carbons (Fsp3) is 0.333. The van der Waals surface area contributed by atoms with E-state index in [-0.39, 0.29) is 28.9 Å². The van der Waals surface area contributed by atoms with Crippen LogP contribution in [0.15, 0.2) is 41.4 Å². The molecule has 28 heavy (non-hydrogen) atoms. The number of amides is 1. The van der Waals surface area contributed by atoms with Crippen molar-refractivity contribution in [3.8, 4) is 0 Å². The lowest BCUT2D eigenvalue weighted by molar-refractivity contribution is -0.112. The molecule has 0 bridgehead atoms. The first-order valence-corrected chi connectivity index (χ1v) is 9.60. The average Bonchev–Trinajstić information content (AvgIpc) is 3.51. The van der Waals surface area contributed by atoms with Gasteiger partial charge in [-0.05, 0) is 61.9 Å². The molecular formula is C18H18F4N4OS. The second-order valence-corrected chi connectivity index (χ2v) is 7.20. The molecule has 0 saturated heterocycles. The Labute approximate surface area is 163 Å². The average molecular weight is 414 g/mol. The number of benzene rings is 1. The van der Waals surface area contributed by atoms with Gasteiger partial charge in [-0.2, -0.15) is 13.2 Å². The Bertz CT molecular complexity index is 890. The van der Waals surface area contributed by atoms with Crippen molar-refractivity contribution in [1.29, 1.82) is 5.41 Å². The van der Waals surface area contributed by atoms with E-state index in [0.29, 0.717) is 24.6 Å². The fourth-order valence-corrected chi connectivity index (χ4v) is 3.36. The van der Waals surface area contributed by atoms with Crippen LogP contribution in [0.1, 0.15) is 19.8 Å². The zero-order valence-corrected chi connectivity index (χ0v) is 15.9. The molecule has 0 atom stereocenters. The van der Waals surface area contributed by atoms with E-state index < -0.39 is 17.7 Å². The van der Waals surface area contributed by atoms with Crippen molar-refractivity contribution in [3.05, 3.63) is 47.2 Å². The SMILES string of the molecule is CSN1C(C)=C1C(=O)Nc1ccc(N/C(=C\C(=N)C(F)(F)F)C2CC2)c(F)c1. The van der Waals surface area contributed by atoms with E-state index in [0.717, 1.165) is 11.8 Å². The number of nitrogens with zero attached hydrogens (tertiary/aromatic N) is 1. The van der Waals surface area contributed by atoms with Crippen molar-refractivity contribution in [3.63, 3.8) is 0 Å². The normalized spacial score (nSPS) is 16.9. The highest BCUT2D eigenvalue weighted by Crippen LogP contribution is 2.39. The molecule has 0 radical (unpaired) electrons. The number of alkyl halides is 3. The first-order valence-electron chi connectivity index (χ1n) is 8.42. The van der Waals surface area contributed by atoms with Crippen LogP contribution in [0.4, 0.5) is 28.9 Å². The Morgan fingerprint density at radius 1 is 1.32 bits per heavy atom. The zero-order valence-electron chi connectivity index (χ0n) is 15.1. The molecule has 1 amide bonds. The van der Waals surface area contributed by atoms with Crippen LogP contribution in [0.3, 0.4) is 0 Å². The minimum atomic E-state index is -4.76. The van der Waals surface area contributed by atoms with Gasteiger partial charge in [0.15, 0.2) is 0 Å². The number of allylic oxidation sites excluding steroid dienone is 3. The summed E-state index contributed by atoms with van der Waals surface area (Å²) in [6, 6.07) is 3.91. The first-order chi connectivity index (χ1) is 13.1. The monoisotopic (exact) mass is 414 g/mol. The summed E-state index contributed by atoms with van der Waals surface area (Å²) >= 11 is 1.38. The summed E-state index contributed by atoms with van der Waals surface area (Å²) in [5.41, 5.74) is 0.236. The van der Waals surface area contributed by atoms with Crippen molar-refractivity contribution in [2.45, 2.75) is 25.9 Å². The number of rotatable bonds is 7. The molecule has 10 heteroatoms. The minimum absolute atomic E-state index is 0.0151. The Kier molecular flexibility index (Phi) is 5.42. The zero-order chi connectivity index (χ0) is 20.6. The topological polar surface area (TPSA) is 68.0 Å². The number of carbonyl (C=O) groups is 1. The molecule has 1 aliphatic heterocycles. The third-order valence-electron chi connectivity index (χ3n) is 4.33. The van der Waals surface area contributed by atoms with Crippen LogP contribution in [-0.4, -0.2) is 28.4 Å². The molecule has 1 aromatic rings. The molecule has 3 N–H and O–H groups in total. The van der Waals surface area contributed by atoms with Crippen LogP contribution in [0, 0.1) is 17.1 Å². The molecule has 1 aliphatic carbocycles. The van der Waals surface area contributed by atoms with Crippen LogP contribution in [0.25, 0.3) is 0 Å². The number of nitrogens with one attached hydrogen (secondary N) is 3. The van der Waals surface area contributed by atoms with Crippen LogP contribution < -0.4 is 10.6 Å². The molecule has 150 valence electrons. The Morgan fingerprint density at radius 2 is 2.00 bits per heavy atom. The summed E-state index contributed by atoms with van der Waals surface area (Å²) in [5.74, 6) is -1.22. The number of halogens is 4. The Morgan fingerprint density at radius 3 is 2.50 bits per heavy atom. The molecule has 0 aromatic heterocycles. The van der Waals surface area contributed by atoms with Gasteiger partial charge in [-0.25, -0.2) is 4.39 Å². The van der Waals surface area contributed by atoms with Gasteiger partial charge in [-0.1, -0.05) is 0 Å². The third-order valence-corrected chi connectivity index (χ3v) is 5.15. The predicted octanol–water partition coefficient (Wildman–Crippen LogP) is 4.88. The summed E-state index contributed by atoms with van der Waals surface area (Å²) in [6.07, 6.45) is -0.867. The molecule has 2 aliphatic rings. The van der Waals surface area contributed by atoms with Gasteiger partial charge in [0.25, 0.3) is 5.91 Å². The van der Waals surface area contributed by atoms with Crippen molar-refractivity contribution in [1.82, 2.24) is 4.31 Å². The fourth-order valence-electron chi connectivity index (χ4n) is 2.64. The van der Waals surface area contributed by atoms with Crippen molar-refractivity contribution < 1.29 is 22.4 Å². The maximum absolute atomic E-state index is 14.4. The van der Waals surface area contributed by atoms with Crippen LogP contribution in [0.2, 0.25) is 0 Å². The van der Waals surface area contributed by atoms with Gasteiger partial charge in [0.1, 0.15) is 17.2 Å². The highest BCUT2D eigenvalue weighted by atomic mass is 32.2. The summed E-state index contributed by atoms with van der Waals surface area (Å²) in [6.45, 7) is 1.79.